The minimum atomic E-state index is -0.802. The van der Waals surface area contributed by atoms with Crippen molar-refractivity contribution in [3.8, 4) is 0 Å². The molecule has 3 rings (SSSR count). The molecule has 0 aromatic heterocycles. The van der Waals surface area contributed by atoms with Crippen molar-refractivity contribution in [2.24, 2.45) is 11.8 Å². The predicted molar refractivity (Wildman–Crippen MR) is 122 cm³/mol. The average Bonchev–Trinajstić information content (AvgIpc) is 3.42. The van der Waals surface area contributed by atoms with Gasteiger partial charge < -0.3 is 19.3 Å². The van der Waals surface area contributed by atoms with E-state index in [9.17, 15) is 14.7 Å². The zero-order chi connectivity index (χ0) is 23.5. The van der Waals surface area contributed by atoms with Crippen LogP contribution in [-0.4, -0.2) is 47.1 Å². The Kier molecular flexibility index (Phi) is 7.57. The van der Waals surface area contributed by atoms with E-state index in [1.54, 1.807) is 6.08 Å². The predicted octanol–water partition coefficient (Wildman–Crippen LogP) is 4.07. The highest BCUT2D eigenvalue weighted by Crippen LogP contribution is 2.48. The monoisotopic (exact) mass is 442 g/mol. The molecule has 1 aliphatic heterocycles. The molecule has 1 fully saturated rings. The number of fused-ring (bicyclic) bond motifs is 1. The van der Waals surface area contributed by atoms with Crippen molar-refractivity contribution in [1.82, 2.24) is 0 Å². The van der Waals surface area contributed by atoms with Crippen LogP contribution in [0.1, 0.15) is 53.0 Å². The van der Waals surface area contributed by atoms with Crippen LogP contribution in [0.4, 0.5) is 0 Å². The number of esters is 2. The molecule has 6 atom stereocenters. The van der Waals surface area contributed by atoms with Crippen molar-refractivity contribution in [2.75, 3.05) is 0 Å². The van der Waals surface area contributed by atoms with E-state index in [0.717, 1.165) is 11.1 Å². The van der Waals surface area contributed by atoms with Crippen molar-refractivity contribution in [1.29, 1.82) is 0 Å². The smallest absolute Gasteiger partial charge is 0.331 e. The second-order valence-corrected chi connectivity index (χ2v) is 9.34. The highest BCUT2D eigenvalue weighted by molar-refractivity contribution is 5.87. The van der Waals surface area contributed by atoms with Crippen molar-refractivity contribution in [2.45, 2.75) is 77.5 Å². The van der Waals surface area contributed by atoms with Gasteiger partial charge in [-0.25, -0.2) is 4.79 Å². The largest absolute Gasteiger partial charge is 0.459 e. The van der Waals surface area contributed by atoms with Crippen molar-refractivity contribution in [3.63, 3.8) is 0 Å². The Balaban J connectivity index is 1.90. The van der Waals surface area contributed by atoms with Gasteiger partial charge in [-0.3, -0.25) is 4.79 Å². The molecular weight excluding hydrogens is 408 g/mol. The fourth-order valence-corrected chi connectivity index (χ4v) is 4.58. The van der Waals surface area contributed by atoms with Gasteiger partial charge >= 0.3 is 11.9 Å². The second kappa shape index (κ2) is 10.0. The molecule has 1 saturated heterocycles. The van der Waals surface area contributed by atoms with Gasteiger partial charge in [-0.2, -0.15) is 0 Å². The Labute approximate surface area is 190 Å². The molecule has 1 N–H and O–H groups in total. The van der Waals surface area contributed by atoms with E-state index in [1.165, 1.54) is 13.0 Å². The molecule has 1 aromatic carbocycles. The van der Waals surface area contributed by atoms with E-state index >= 15 is 0 Å². The van der Waals surface area contributed by atoms with Crippen LogP contribution in [-0.2, 0) is 23.8 Å². The molecular formula is C26H34O6. The summed E-state index contributed by atoms with van der Waals surface area (Å²) in [5.41, 5.74) is 1.10. The molecule has 1 heterocycles. The molecule has 0 amide bonds. The highest BCUT2D eigenvalue weighted by atomic mass is 16.7. The summed E-state index contributed by atoms with van der Waals surface area (Å²) in [5.74, 6) is -1.14. The molecule has 174 valence electrons. The van der Waals surface area contributed by atoms with Gasteiger partial charge in [0.05, 0.1) is 6.10 Å². The van der Waals surface area contributed by atoms with Crippen LogP contribution in [0.3, 0.4) is 0 Å². The van der Waals surface area contributed by atoms with E-state index in [-0.39, 0.29) is 11.8 Å². The molecule has 6 unspecified atom stereocenters. The maximum absolute atomic E-state index is 12.7. The number of aliphatic hydroxyl groups excluding tert-OH is 1. The van der Waals surface area contributed by atoms with Gasteiger partial charge in [-0.15, -0.1) is 0 Å². The third-order valence-electron chi connectivity index (χ3n) is 6.42. The topological polar surface area (TPSA) is 85.4 Å². The fourth-order valence-electron chi connectivity index (χ4n) is 4.58. The van der Waals surface area contributed by atoms with Gasteiger partial charge in [0.25, 0.3) is 0 Å². The summed E-state index contributed by atoms with van der Waals surface area (Å²) < 4.78 is 17.6. The third-order valence-corrected chi connectivity index (χ3v) is 6.42. The maximum Gasteiger partial charge on any atom is 0.331 e. The summed E-state index contributed by atoms with van der Waals surface area (Å²) in [7, 11) is 0. The normalized spacial score (nSPS) is 32.7. The molecule has 32 heavy (non-hydrogen) atoms. The highest BCUT2D eigenvalue weighted by Gasteiger charge is 2.64. The van der Waals surface area contributed by atoms with E-state index in [1.807, 2.05) is 64.1 Å². The Hall–Kier alpha value is -2.44. The van der Waals surface area contributed by atoms with Crippen LogP contribution >= 0.6 is 0 Å². The van der Waals surface area contributed by atoms with Gasteiger partial charge in [0.1, 0.15) is 23.9 Å². The van der Waals surface area contributed by atoms with Crippen LogP contribution in [0.5, 0.6) is 0 Å². The Morgan fingerprint density at radius 2 is 1.91 bits per heavy atom. The number of carbonyl (C=O) groups is 2. The van der Waals surface area contributed by atoms with Gasteiger partial charge in [0, 0.05) is 25.3 Å². The Bertz CT molecular complexity index is 874. The Morgan fingerprint density at radius 3 is 2.53 bits per heavy atom. The molecule has 0 bridgehead atoms. The SMILES string of the molecule is CC(=O)OC1C(C(C)C)C(OC(=O)C=Cc2ccccc2)CC(C)=CCC(O)C2(C)OC12. The summed E-state index contributed by atoms with van der Waals surface area (Å²) in [6.07, 6.45) is 3.72. The lowest BCUT2D eigenvalue weighted by atomic mass is 9.77. The van der Waals surface area contributed by atoms with Crippen LogP contribution in [0.15, 0.2) is 48.1 Å². The van der Waals surface area contributed by atoms with Crippen molar-refractivity contribution in [3.05, 3.63) is 53.6 Å². The van der Waals surface area contributed by atoms with E-state index in [4.69, 9.17) is 14.2 Å². The number of carbonyl (C=O) groups excluding carboxylic acids is 2. The minimum Gasteiger partial charge on any atom is -0.459 e. The molecule has 0 saturated carbocycles. The van der Waals surface area contributed by atoms with Gasteiger partial charge in [-0.1, -0.05) is 55.8 Å². The quantitative estimate of drug-likeness (QED) is 0.320. The van der Waals surface area contributed by atoms with E-state index < -0.39 is 42.0 Å². The van der Waals surface area contributed by atoms with Crippen LogP contribution in [0, 0.1) is 11.8 Å². The number of rotatable bonds is 5. The molecule has 2 aliphatic rings. The lowest BCUT2D eigenvalue weighted by molar-refractivity contribution is -0.161. The maximum atomic E-state index is 12.7. The number of epoxide rings is 1. The summed E-state index contributed by atoms with van der Waals surface area (Å²) in [6, 6.07) is 9.53. The number of aliphatic hydroxyl groups is 1. The molecule has 6 nitrogen and oxygen atoms in total. The molecule has 0 radical (unpaired) electrons. The number of benzene rings is 1. The number of hydrogen-bond acceptors (Lipinski definition) is 6. The Morgan fingerprint density at radius 1 is 1.22 bits per heavy atom. The minimum absolute atomic E-state index is 0.0353. The lowest BCUT2D eigenvalue weighted by Gasteiger charge is -2.36. The summed E-state index contributed by atoms with van der Waals surface area (Å²) >= 11 is 0. The first-order chi connectivity index (χ1) is 15.1. The first kappa shape index (κ1) is 24.2. The molecule has 1 aromatic rings. The van der Waals surface area contributed by atoms with E-state index in [0.29, 0.717) is 12.8 Å². The van der Waals surface area contributed by atoms with Gasteiger partial charge in [0.15, 0.2) is 0 Å². The molecule has 1 aliphatic carbocycles. The number of hydrogen-bond donors (Lipinski definition) is 1. The van der Waals surface area contributed by atoms with Gasteiger partial charge in [-0.05, 0) is 37.8 Å². The summed E-state index contributed by atoms with van der Waals surface area (Å²) in [6.45, 7) is 9.19. The molecule has 6 heteroatoms. The zero-order valence-corrected chi connectivity index (χ0v) is 19.5. The fraction of sp³-hybridized carbons (Fsp3) is 0.538. The summed E-state index contributed by atoms with van der Waals surface area (Å²) in [5, 5.41) is 10.7. The second-order valence-electron chi connectivity index (χ2n) is 9.34. The first-order valence-corrected chi connectivity index (χ1v) is 11.2. The first-order valence-electron chi connectivity index (χ1n) is 11.2. The van der Waals surface area contributed by atoms with Crippen LogP contribution in [0.25, 0.3) is 6.08 Å². The average molecular weight is 443 g/mol. The lowest BCUT2D eigenvalue weighted by Crippen LogP contribution is -2.46. The van der Waals surface area contributed by atoms with E-state index in [2.05, 4.69) is 0 Å². The van der Waals surface area contributed by atoms with Crippen LogP contribution in [0.2, 0.25) is 0 Å². The summed E-state index contributed by atoms with van der Waals surface area (Å²) in [4.78, 5) is 24.7. The van der Waals surface area contributed by atoms with Gasteiger partial charge in [0.2, 0.25) is 0 Å². The standard InChI is InChI=1S/C26H34O6/c1-16(2)23-20(31-22(29)14-12-19-9-7-6-8-10-19)15-17(3)11-13-21(28)26(5)25(32-26)24(23)30-18(4)27/h6-12,14,16,20-21,23-25,28H,13,15H2,1-5H3. The van der Waals surface area contributed by atoms with Crippen molar-refractivity contribution >= 4 is 18.0 Å². The zero-order valence-electron chi connectivity index (χ0n) is 19.5. The van der Waals surface area contributed by atoms with Crippen molar-refractivity contribution < 1.29 is 28.9 Å². The third kappa shape index (κ3) is 5.67. The van der Waals surface area contributed by atoms with Crippen LogP contribution < -0.4 is 0 Å². The number of ether oxygens (including phenoxy) is 3. The molecule has 0 spiro atoms.